The minimum Gasteiger partial charge on any atom is -0.369 e. The summed E-state index contributed by atoms with van der Waals surface area (Å²) in [5.74, 6) is 1.33. The number of anilines is 1. The zero-order chi connectivity index (χ0) is 12.5. The van der Waals surface area contributed by atoms with E-state index in [1.165, 1.54) is 6.33 Å². The van der Waals surface area contributed by atoms with Gasteiger partial charge in [-0.3, -0.25) is 0 Å². The highest BCUT2D eigenvalue weighted by Gasteiger charge is 2.15. The van der Waals surface area contributed by atoms with Gasteiger partial charge in [0.25, 0.3) is 5.78 Å². The summed E-state index contributed by atoms with van der Waals surface area (Å²) in [7, 11) is 0. The molecule has 5 nitrogen and oxygen atoms in total. The standard InChI is InChI=1S/C11H16ClN5/c1-4-11(2,3)6-13-9-5-8(12)16-10-14-7-15-17(9)10/h5,7,13H,4,6H2,1-3H3. The number of hydrogen-bond donors (Lipinski definition) is 1. The lowest BCUT2D eigenvalue weighted by Gasteiger charge is -2.23. The first-order valence-electron chi connectivity index (χ1n) is 5.62. The zero-order valence-electron chi connectivity index (χ0n) is 10.2. The molecule has 17 heavy (non-hydrogen) atoms. The van der Waals surface area contributed by atoms with Crippen LogP contribution in [0.2, 0.25) is 5.15 Å². The van der Waals surface area contributed by atoms with Crippen LogP contribution in [0.25, 0.3) is 5.78 Å². The molecule has 2 rings (SSSR count). The fourth-order valence-electron chi connectivity index (χ4n) is 1.36. The van der Waals surface area contributed by atoms with E-state index < -0.39 is 0 Å². The Bertz CT molecular complexity index is 520. The van der Waals surface area contributed by atoms with Crippen molar-refractivity contribution in [2.75, 3.05) is 11.9 Å². The lowest BCUT2D eigenvalue weighted by molar-refractivity contribution is 0.376. The molecule has 0 spiro atoms. The van der Waals surface area contributed by atoms with Gasteiger partial charge < -0.3 is 5.32 Å². The Hall–Kier alpha value is -1.36. The number of hydrogen-bond acceptors (Lipinski definition) is 4. The number of nitrogens with zero attached hydrogens (tertiary/aromatic N) is 4. The number of aromatic nitrogens is 4. The Morgan fingerprint density at radius 2 is 2.24 bits per heavy atom. The van der Waals surface area contributed by atoms with Crippen molar-refractivity contribution in [3.05, 3.63) is 17.5 Å². The Labute approximate surface area is 105 Å². The smallest absolute Gasteiger partial charge is 0.255 e. The van der Waals surface area contributed by atoms with Crippen LogP contribution in [0.5, 0.6) is 0 Å². The van der Waals surface area contributed by atoms with Gasteiger partial charge >= 0.3 is 0 Å². The fourth-order valence-corrected chi connectivity index (χ4v) is 1.54. The molecule has 0 atom stereocenters. The molecule has 0 aliphatic heterocycles. The zero-order valence-corrected chi connectivity index (χ0v) is 11.0. The lowest BCUT2D eigenvalue weighted by atomic mass is 9.90. The van der Waals surface area contributed by atoms with Crippen LogP contribution in [-0.4, -0.2) is 26.1 Å². The third-order valence-corrected chi connectivity index (χ3v) is 3.12. The minimum absolute atomic E-state index is 0.225. The number of halogens is 1. The molecule has 0 aliphatic carbocycles. The molecule has 0 amide bonds. The second kappa shape index (κ2) is 4.49. The van der Waals surface area contributed by atoms with Crippen LogP contribution in [0.1, 0.15) is 27.2 Å². The van der Waals surface area contributed by atoms with Crippen molar-refractivity contribution in [1.82, 2.24) is 19.6 Å². The molecular weight excluding hydrogens is 238 g/mol. The van der Waals surface area contributed by atoms with Crippen LogP contribution in [0, 0.1) is 5.41 Å². The van der Waals surface area contributed by atoms with Crippen molar-refractivity contribution in [3.63, 3.8) is 0 Å². The van der Waals surface area contributed by atoms with E-state index in [4.69, 9.17) is 11.6 Å². The topological polar surface area (TPSA) is 55.1 Å². The summed E-state index contributed by atoms with van der Waals surface area (Å²) in [6.45, 7) is 7.44. The van der Waals surface area contributed by atoms with Crippen LogP contribution in [-0.2, 0) is 0 Å². The molecule has 0 bridgehead atoms. The Kier molecular flexibility index (Phi) is 3.19. The van der Waals surface area contributed by atoms with Gasteiger partial charge in [-0.1, -0.05) is 32.4 Å². The van der Waals surface area contributed by atoms with Gasteiger partial charge in [-0.25, -0.2) is 0 Å². The van der Waals surface area contributed by atoms with E-state index in [1.807, 2.05) is 0 Å². The minimum atomic E-state index is 0.225. The van der Waals surface area contributed by atoms with Crippen LogP contribution in [0.4, 0.5) is 5.82 Å². The lowest BCUT2D eigenvalue weighted by Crippen LogP contribution is -2.23. The van der Waals surface area contributed by atoms with Gasteiger partial charge in [0.1, 0.15) is 17.3 Å². The van der Waals surface area contributed by atoms with Crippen molar-refractivity contribution in [1.29, 1.82) is 0 Å². The predicted octanol–water partition coefficient (Wildman–Crippen LogP) is 2.63. The molecule has 0 fully saturated rings. The molecule has 0 aromatic carbocycles. The predicted molar refractivity (Wildman–Crippen MR) is 68.4 cm³/mol. The second-order valence-corrected chi connectivity index (χ2v) is 5.19. The van der Waals surface area contributed by atoms with E-state index in [1.54, 1.807) is 10.6 Å². The summed E-state index contributed by atoms with van der Waals surface area (Å²) in [4.78, 5) is 8.10. The highest BCUT2D eigenvalue weighted by atomic mass is 35.5. The molecular formula is C11H16ClN5. The maximum atomic E-state index is 5.93. The van der Waals surface area contributed by atoms with Crippen LogP contribution in [0.15, 0.2) is 12.4 Å². The van der Waals surface area contributed by atoms with Gasteiger partial charge in [0.2, 0.25) is 0 Å². The summed E-state index contributed by atoms with van der Waals surface area (Å²) in [5.41, 5.74) is 0.225. The summed E-state index contributed by atoms with van der Waals surface area (Å²) >= 11 is 5.93. The molecule has 0 aliphatic rings. The molecule has 0 saturated carbocycles. The monoisotopic (exact) mass is 253 g/mol. The Morgan fingerprint density at radius 3 is 2.94 bits per heavy atom. The first-order valence-corrected chi connectivity index (χ1v) is 6.00. The first kappa shape index (κ1) is 12.1. The molecule has 0 unspecified atom stereocenters. The average Bonchev–Trinajstić information content (AvgIpc) is 2.73. The molecule has 6 heteroatoms. The van der Waals surface area contributed by atoms with Gasteiger partial charge in [-0.15, -0.1) is 0 Å². The van der Waals surface area contributed by atoms with E-state index in [9.17, 15) is 0 Å². The molecule has 2 heterocycles. The maximum absolute atomic E-state index is 5.93. The quantitative estimate of drug-likeness (QED) is 0.851. The number of fused-ring (bicyclic) bond motifs is 1. The summed E-state index contributed by atoms with van der Waals surface area (Å²) < 4.78 is 1.65. The van der Waals surface area contributed by atoms with Crippen molar-refractivity contribution in [2.24, 2.45) is 5.41 Å². The third-order valence-electron chi connectivity index (χ3n) is 2.93. The molecule has 0 saturated heterocycles. The van der Waals surface area contributed by atoms with Gasteiger partial charge in [-0.05, 0) is 11.8 Å². The van der Waals surface area contributed by atoms with Crippen molar-refractivity contribution in [3.8, 4) is 0 Å². The normalized spacial score (nSPS) is 12.0. The largest absolute Gasteiger partial charge is 0.369 e. The van der Waals surface area contributed by atoms with Crippen LogP contribution < -0.4 is 5.32 Å². The van der Waals surface area contributed by atoms with E-state index >= 15 is 0 Å². The summed E-state index contributed by atoms with van der Waals surface area (Å²) in [6, 6.07) is 1.76. The van der Waals surface area contributed by atoms with E-state index in [-0.39, 0.29) is 5.41 Å². The molecule has 92 valence electrons. The van der Waals surface area contributed by atoms with Crippen molar-refractivity contribution in [2.45, 2.75) is 27.2 Å². The van der Waals surface area contributed by atoms with Crippen molar-refractivity contribution >= 4 is 23.2 Å². The Morgan fingerprint density at radius 1 is 1.47 bits per heavy atom. The highest BCUT2D eigenvalue weighted by Crippen LogP contribution is 2.21. The maximum Gasteiger partial charge on any atom is 0.255 e. The molecule has 0 radical (unpaired) electrons. The Balaban J connectivity index is 2.26. The van der Waals surface area contributed by atoms with Gasteiger partial charge in [0, 0.05) is 12.6 Å². The first-order chi connectivity index (χ1) is 8.02. The molecule has 2 aromatic rings. The van der Waals surface area contributed by atoms with Crippen LogP contribution in [0.3, 0.4) is 0 Å². The highest BCUT2D eigenvalue weighted by molar-refractivity contribution is 6.29. The number of nitrogens with one attached hydrogen (secondary N) is 1. The summed E-state index contributed by atoms with van der Waals surface area (Å²) in [6.07, 6.45) is 2.56. The number of rotatable bonds is 4. The third kappa shape index (κ3) is 2.66. The second-order valence-electron chi connectivity index (χ2n) is 4.81. The molecule has 1 N–H and O–H groups in total. The van der Waals surface area contributed by atoms with Crippen LogP contribution >= 0.6 is 11.6 Å². The summed E-state index contributed by atoms with van der Waals surface area (Å²) in [5, 5.41) is 7.87. The average molecular weight is 254 g/mol. The van der Waals surface area contributed by atoms with Crippen molar-refractivity contribution < 1.29 is 0 Å². The SMILES string of the molecule is CCC(C)(C)CNc1cc(Cl)nc2ncnn12. The van der Waals surface area contributed by atoms with E-state index in [0.29, 0.717) is 10.9 Å². The van der Waals surface area contributed by atoms with E-state index in [0.717, 1.165) is 18.8 Å². The molecule has 2 aromatic heterocycles. The van der Waals surface area contributed by atoms with Gasteiger partial charge in [0.15, 0.2) is 0 Å². The van der Waals surface area contributed by atoms with E-state index in [2.05, 4.69) is 41.2 Å². The fraction of sp³-hybridized carbons (Fsp3) is 0.545. The van der Waals surface area contributed by atoms with Gasteiger partial charge in [-0.2, -0.15) is 19.6 Å². The van der Waals surface area contributed by atoms with Gasteiger partial charge in [0.05, 0.1) is 0 Å².